The molecular formula is C26H29N3O3. The van der Waals surface area contributed by atoms with Gasteiger partial charge < -0.3 is 14.7 Å². The smallest absolute Gasteiger partial charge is 0.258 e. The van der Waals surface area contributed by atoms with Gasteiger partial charge in [0.2, 0.25) is 0 Å². The third-order valence-electron chi connectivity index (χ3n) is 6.54. The first-order chi connectivity index (χ1) is 15.6. The number of rotatable bonds is 5. The highest BCUT2D eigenvalue weighted by atomic mass is 16.5. The van der Waals surface area contributed by atoms with Crippen LogP contribution in [0.1, 0.15) is 53.6 Å². The van der Waals surface area contributed by atoms with E-state index in [1.165, 1.54) is 0 Å². The van der Waals surface area contributed by atoms with E-state index in [-0.39, 0.29) is 12.0 Å². The Hall–Kier alpha value is -3.12. The number of carbonyl (C=O) groups excluding carboxylic acids is 1. The maximum Gasteiger partial charge on any atom is 0.258 e. The molecule has 1 aliphatic heterocycles. The summed E-state index contributed by atoms with van der Waals surface area (Å²) in [6, 6.07) is 14.1. The number of aliphatic hydroxyl groups is 1. The zero-order valence-electron chi connectivity index (χ0n) is 18.4. The Balaban J connectivity index is 1.31. The molecule has 2 atom stereocenters. The summed E-state index contributed by atoms with van der Waals surface area (Å²) >= 11 is 0. The van der Waals surface area contributed by atoms with E-state index < -0.39 is 6.10 Å². The van der Waals surface area contributed by atoms with Gasteiger partial charge in [0.15, 0.2) is 0 Å². The topological polar surface area (TPSA) is 67.6 Å². The third-order valence-corrected chi connectivity index (χ3v) is 6.54. The summed E-state index contributed by atoms with van der Waals surface area (Å²) in [6.45, 7) is 1.12. The monoisotopic (exact) mass is 431 g/mol. The van der Waals surface area contributed by atoms with Crippen LogP contribution in [-0.4, -0.2) is 37.9 Å². The first kappa shape index (κ1) is 20.8. The summed E-state index contributed by atoms with van der Waals surface area (Å²) in [5, 5.41) is 14.7. The van der Waals surface area contributed by atoms with Crippen molar-refractivity contribution in [1.29, 1.82) is 0 Å². The van der Waals surface area contributed by atoms with Gasteiger partial charge in [-0.25, -0.2) is 0 Å². The van der Waals surface area contributed by atoms with Crippen LogP contribution in [0.15, 0.2) is 54.9 Å². The van der Waals surface area contributed by atoms with Crippen LogP contribution in [0.2, 0.25) is 0 Å². The Morgan fingerprint density at radius 2 is 1.88 bits per heavy atom. The molecule has 6 nitrogen and oxygen atoms in total. The van der Waals surface area contributed by atoms with Gasteiger partial charge >= 0.3 is 0 Å². The van der Waals surface area contributed by atoms with Crippen LogP contribution >= 0.6 is 0 Å². The van der Waals surface area contributed by atoms with Gasteiger partial charge in [0.1, 0.15) is 11.9 Å². The highest BCUT2D eigenvalue weighted by Crippen LogP contribution is 2.34. The molecule has 0 unspecified atom stereocenters. The first-order valence-corrected chi connectivity index (χ1v) is 11.4. The Bertz CT molecular complexity index is 1110. The molecule has 3 aromatic rings. The molecule has 166 valence electrons. The number of carbonyl (C=O) groups is 1. The van der Waals surface area contributed by atoms with Gasteiger partial charge in [0, 0.05) is 31.9 Å². The molecule has 2 aromatic carbocycles. The molecule has 1 fully saturated rings. The van der Waals surface area contributed by atoms with Crippen LogP contribution in [0.3, 0.4) is 0 Å². The van der Waals surface area contributed by atoms with Crippen LogP contribution in [0.25, 0.3) is 11.1 Å². The molecule has 1 aliphatic carbocycles. The maximum absolute atomic E-state index is 13.3. The van der Waals surface area contributed by atoms with Gasteiger partial charge in [-0.15, -0.1) is 0 Å². The fraction of sp³-hybridized carbons (Fsp3) is 0.385. The fourth-order valence-corrected chi connectivity index (χ4v) is 4.76. The van der Waals surface area contributed by atoms with Crippen LogP contribution in [0, 0.1) is 0 Å². The van der Waals surface area contributed by atoms with E-state index in [1.807, 2.05) is 42.5 Å². The summed E-state index contributed by atoms with van der Waals surface area (Å²) in [5.41, 5.74) is 4.90. The third kappa shape index (κ3) is 4.15. The number of aromatic nitrogens is 2. The number of benzene rings is 2. The minimum Gasteiger partial charge on any atom is -0.487 e. The summed E-state index contributed by atoms with van der Waals surface area (Å²) in [6.07, 6.45) is 7.90. The number of ether oxygens (including phenoxy) is 1. The fourth-order valence-electron chi connectivity index (χ4n) is 4.76. The molecule has 32 heavy (non-hydrogen) atoms. The largest absolute Gasteiger partial charge is 0.487 e. The second-order valence-corrected chi connectivity index (χ2v) is 8.91. The lowest BCUT2D eigenvalue weighted by atomic mass is 10.1. The number of hydrogen-bond acceptors (Lipinski definition) is 4. The molecule has 0 radical (unpaired) electrons. The lowest BCUT2D eigenvalue weighted by Crippen LogP contribution is -2.31. The van der Waals surface area contributed by atoms with Gasteiger partial charge in [0.05, 0.1) is 17.9 Å². The lowest BCUT2D eigenvalue weighted by molar-refractivity contribution is 0.0311. The first-order valence-electron chi connectivity index (χ1n) is 11.4. The van der Waals surface area contributed by atoms with E-state index in [1.54, 1.807) is 4.68 Å². The minimum absolute atomic E-state index is 0.00459. The van der Waals surface area contributed by atoms with Crippen molar-refractivity contribution in [1.82, 2.24) is 14.7 Å². The van der Waals surface area contributed by atoms with E-state index in [0.717, 1.165) is 54.4 Å². The van der Waals surface area contributed by atoms with E-state index in [0.29, 0.717) is 24.4 Å². The predicted molar refractivity (Wildman–Crippen MR) is 122 cm³/mol. The van der Waals surface area contributed by atoms with Crippen LogP contribution in [0.5, 0.6) is 5.75 Å². The molecule has 0 saturated heterocycles. The van der Waals surface area contributed by atoms with Gasteiger partial charge in [0.25, 0.3) is 5.91 Å². The van der Waals surface area contributed by atoms with Crippen molar-refractivity contribution < 1.29 is 14.6 Å². The zero-order chi connectivity index (χ0) is 22.1. The maximum atomic E-state index is 13.3. The number of aliphatic hydroxyl groups excluding tert-OH is 1. The molecule has 2 heterocycles. The molecule has 1 amide bonds. The van der Waals surface area contributed by atoms with Crippen molar-refractivity contribution in [2.75, 3.05) is 0 Å². The molecule has 0 bridgehead atoms. The highest BCUT2D eigenvalue weighted by Gasteiger charge is 2.32. The number of aryl methyl sites for hydroxylation is 1. The van der Waals surface area contributed by atoms with Crippen molar-refractivity contribution in [2.45, 2.75) is 57.4 Å². The number of hydrogen-bond donors (Lipinski definition) is 1. The normalized spacial score (nSPS) is 20.8. The zero-order valence-corrected chi connectivity index (χ0v) is 18.4. The SMILES string of the molecule is Cn1cc(-c2ccc(CN3Cc4cccc(O[C@@H]5CCCCC[C@H]5O)c4C3=O)cc2)cn1. The van der Waals surface area contributed by atoms with Crippen molar-refractivity contribution in [2.24, 2.45) is 7.05 Å². The Kier molecular flexibility index (Phi) is 5.70. The van der Waals surface area contributed by atoms with E-state index in [2.05, 4.69) is 29.4 Å². The molecule has 1 N–H and O–H groups in total. The van der Waals surface area contributed by atoms with Crippen LogP contribution in [0.4, 0.5) is 0 Å². The second-order valence-electron chi connectivity index (χ2n) is 8.91. The average Bonchev–Trinajstić information content (AvgIpc) is 3.30. The van der Waals surface area contributed by atoms with E-state index >= 15 is 0 Å². The molecule has 1 saturated carbocycles. The van der Waals surface area contributed by atoms with Crippen molar-refractivity contribution in [3.63, 3.8) is 0 Å². The van der Waals surface area contributed by atoms with Gasteiger partial charge in [-0.05, 0) is 42.0 Å². The minimum atomic E-state index is -0.473. The number of nitrogens with zero attached hydrogens (tertiary/aromatic N) is 3. The predicted octanol–water partition coefficient (Wildman–Crippen LogP) is 4.32. The molecule has 6 heteroatoms. The lowest BCUT2D eigenvalue weighted by Gasteiger charge is -2.23. The molecule has 0 spiro atoms. The van der Waals surface area contributed by atoms with E-state index in [4.69, 9.17) is 4.74 Å². The van der Waals surface area contributed by atoms with Crippen molar-refractivity contribution in [3.8, 4) is 16.9 Å². The molecule has 2 aliphatic rings. The summed E-state index contributed by atoms with van der Waals surface area (Å²) < 4.78 is 8.01. The van der Waals surface area contributed by atoms with E-state index in [9.17, 15) is 9.90 Å². The quantitative estimate of drug-likeness (QED) is 0.611. The summed E-state index contributed by atoms with van der Waals surface area (Å²) in [4.78, 5) is 15.1. The Labute approximate surface area is 188 Å². The Morgan fingerprint density at radius 3 is 2.66 bits per heavy atom. The van der Waals surface area contributed by atoms with Gasteiger partial charge in [-0.3, -0.25) is 9.48 Å². The molecule has 1 aromatic heterocycles. The Morgan fingerprint density at radius 1 is 1.06 bits per heavy atom. The molecular weight excluding hydrogens is 402 g/mol. The highest BCUT2D eigenvalue weighted by molar-refractivity contribution is 6.01. The summed E-state index contributed by atoms with van der Waals surface area (Å²) in [5.74, 6) is 0.600. The van der Waals surface area contributed by atoms with Crippen molar-refractivity contribution >= 4 is 5.91 Å². The van der Waals surface area contributed by atoms with Crippen molar-refractivity contribution in [3.05, 3.63) is 71.5 Å². The van der Waals surface area contributed by atoms with Crippen LogP contribution < -0.4 is 4.74 Å². The van der Waals surface area contributed by atoms with Gasteiger partial charge in [-0.1, -0.05) is 49.2 Å². The molecule has 5 rings (SSSR count). The standard InChI is InChI=1S/C26H29N3O3/c1-28-16-21(14-27-28)19-12-10-18(11-13-19)15-29-17-20-6-5-9-24(25(20)26(29)31)32-23-8-4-2-3-7-22(23)30/h5-6,9-14,16,22-23,30H,2-4,7-8,15,17H2,1H3/t22-,23-/m1/s1. The number of amides is 1. The summed E-state index contributed by atoms with van der Waals surface area (Å²) in [7, 11) is 1.91. The average molecular weight is 432 g/mol. The second kappa shape index (κ2) is 8.79. The van der Waals surface area contributed by atoms with Crippen LogP contribution in [-0.2, 0) is 20.1 Å². The van der Waals surface area contributed by atoms with Gasteiger partial charge in [-0.2, -0.15) is 5.10 Å². The number of fused-ring (bicyclic) bond motifs is 1.